The van der Waals surface area contributed by atoms with Crippen LogP contribution in [0.2, 0.25) is 0 Å². The molecule has 2 aromatic carbocycles. The standard InChI is InChI=1S/C19H18O/c1-15(2)14-18-10-5-4-8-16(18)12-13-17-9-6-7-11-19(17)20-3/h4-11,14H,1-3H3. The van der Waals surface area contributed by atoms with E-state index >= 15 is 0 Å². The predicted octanol–water partition coefficient (Wildman–Crippen LogP) is 4.52. The van der Waals surface area contributed by atoms with Crippen LogP contribution in [0.15, 0.2) is 54.1 Å². The smallest absolute Gasteiger partial charge is 0.134 e. The molecule has 0 fully saturated rings. The molecule has 0 aliphatic heterocycles. The van der Waals surface area contributed by atoms with Crippen LogP contribution in [-0.2, 0) is 0 Å². The van der Waals surface area contributed by atoms with Gasteiger partial charge in [0.1, 0.15) is 5.75 Å². The van der Waals surface area contributed by atoms with Crippen molar-refractivity contribution in [3.8, 4) is 17.6 Å². The summed E-state index contributed by atoms with van der Waals surface area (Å²) in [6.07, 6.45) is 2.15. The first-order chi connectivity index (χ1) is 9.70. The molecule has 2 rings (SSSR count). The topological polar surface area (TPSA) is 9.23 Å². The molecule has 0 saturated carbocycles. The molecule has 2 aromatic rings. The third-order valence-corrected chi connectivity index (χ3v) is 2.84. The Labute approximate surface area is 120 Å². The molecule has 0 bridgehead atoms. The van der Waals surface area contributed by atoms with Crippen LogP contribution in [-0.4, -0.2) is 7.11 Å². The normalized spacial score (nSPS) is 9.35. The van der Waals surface area contributed by atoms with Crippen LogP contribution in [0.25, 0.3) is 6.08 Å². The Hall–Kier alpha value is -2.46. The lowest BCUT2D eigenvalue weighted by Crippen LogP contribution is -1.87. The average molecular weight is 262 g/mol. The summed E-state index contributed by atoms with van der Waals surface area (Å²) in [6.45, 7) is 4.18. The molecule has 0 heterocycles. The minimum atomic E-state index is 0.805. The maximum atomic E-state index is 5.31. The monoisotopic (exact) mass is 262 g/mol. The molecule has 0 aromatic heterocycles. The minimum Gasteiger partial charge on any atom is -0.495 e. The van der Waals surface area contributed by atoms with Crippen molar-refractivity contribution in [2.45, 2.75) is 13.8 Å². The summed E-state index contributed by atoms with van der Waals surface area (Å²) < 4.78 is 5.31. The van der Waals surface area contributed by atoms with Gasteiger partial charge in [-0.1, -0.05) is 53.8 Å². The summed E-state index contributed by atoms with van der Waals surface area (Å²) in [5.74, 6) is 7.23. The molecule has 0 amide bonds. The van der Waals surface area contributed by atoms with Crippen molar-refractivity contribution in [2.75, 3.05) is 7.11 Å². The molecule has 0 N–H and O–H groups in total. The van der Waals surface area contributed by atoms with E-state index in [9.17, 15) is 0 Å². The van der Waals surface area contributed by atoms with Crippen LogP contribution in [0.3, 0.4) is 0 Å². The zero-order valence-electron chi connectivity index (χ0n) is 12.1. The first kappa shape index (κ1) is 14.0. The van der Waals surface area contributed by atoms with Crippen molar-refractivity contribution in [1.29, 1.82) is 0 Å². The Kier molecular flexibility index (Phi) is 4.63. The fourth-order valence-corrected chi connectivity index (χ4v) is 1.93. The number of rotatable bonds is 2. The van der Waals surface area contributed by atoms with E-state index in [1.165, 1.54) is 5.57 Å². The van der Waals surface area contributed by atoms with E-state index in [1.54, 1.807) is 7.11 Å². The van der Waals surface area contributed by atoms with E-state index < -0.39 is 0 Å². The predicted molar refractivity (Wildman–Crippen MR) is 84.7 cm³/mol. The number of ether oxygens (including phenoxy) is 1. The molecule has 0 unspecified atom stereocenters. The average Bonchev–Trinajstić information content (AvgIpc) is 2.46. The zero-order valence-corrected chi connectivity index (χ0v) is 12.1. The van der Waals surface area contributed by atoms with Crippen molar-refractivity contribution in [3.05, 3.63) is 70.8 Å². The number of hydrogen-bond acceptors (Lipinski definition) is 1. The number of methoxy groups -OCH3 is 1. The SMILES string of the molecule is COc1ccccc1C#Cc1ccccc1C=C(C)C. The molecular weight excluding hydrogens is 244 g/mol. The van der Waals surface area contributed by atoms with Crippen LogP contribution in [0.4, 0.5) is 0 Å². The molecule has 0 aliphatic rings. The van der Waals surface area contributed by atoms with E-state index in [2.05, 4.69) is 37.8 Å². The summed E-state index contributed by atoms with van der Waals surface area (Å²) >= 11 is 0. The summed E-state index contributed by atoms with van der Waals surface area (Å²) in [7, 11) is 1.66. The Morgan fingerprint density at radius 3 is 2.20 bits per heavy atom. The van der Waals surface area contributed by atoms with Gasteiger partial charge in [-0.3, -0.25) is 0 Å². The van der Waals surface area contributed by atoms with Crippen LogP contribution < -0.4 is 4.74 Å². The second kappa shape index (κ2) is 6.63. The quantitative estimate of drug-likeness (QED) is 0.723. The van der Waals surface area contributed by atoms with Crippen molar-refractivity contribution >= 4 is 6.08 Å². The Morgan fingerprint density at radius 2 is 1.50 bits per heavy atom. The molecule has 0 saturated heterocycles. The third kappa shape index (κ3) is 3.52. The van der Waals surface area contributed by atoms with Gasteiger partial charge in [0.2, 0.25) is 0 Å². The minimum absolute atomic E-state index is 0.805. The molecule has 0 aliphatic carbocycles. The summed E-state index contributed by atoms with van der Waals surface area (Å²) in [5, 5.41) is 0. The van der Waals surface area contributed by atoms with E-state index in [4.69, 9.17) is 4.74 Å². The summed E-state index contributed by atoms with van der Waals surface area (Å²) in [5.41, 5.74) is 4.34. The van der Waals surface area contributed by atoms with Gasteiger partial charge >= 0.3 is 0 Å². The number of allylic oxidation sites excluding steroid dienone is 1. The third-order valence-electron chi connectivity index (χ3n) is 2.84. The first-order valence-electron chi connectivity index (χ1n) is 6.59. The maximum Gasteiger partial charge on any atom is 0.134 e. The van der Waals surface area contributed by atoms with E-state index in [0.29, 0.717) is 0 Å². The van der Waals surface area contributed by atoms with Crippen molar-refractivity contribution in [1.82, 2.24) is 0 Å². The van der Waals surface area contributed by atoms with Crippen LogP contribution in [0.1, 0.15) is 30.5 Å². The van der Waals surface area contributed by atoms with Gasteiger partial charge in [-0.15, -0.1) is 0 Å². The van der Waals surface area contributed by atoms with Gasteiger partial charge in [-0.05, 0) is 37.6 Å². The van der Waals surface area contributed by atoms with Gasteiger partial charge in [0, 0.05) is 5.56 Å². The molecule has 0 atom stereocenters. The molecular formula is C19H18O. The van der Waals surface area contributed by atoms with Gasteiger partial charge in [-0.2, -0.15) is 0 Å². The highest BCUT2D eigenvalue weighted by molar-refractivity contribution is 5.62. The first-order valence-corrected chi connectivity index (χ1v) is 6.59. The number of para-hydroxylation sites is 1. The molecule has 100 valence electrons. The largest absolute Gasteiger partial charge is 0.495 e. The Morgan fingerprint density at radius 1 is 0.900 bits per heavy atom. The Balaban J connectivity index is 2.41. The van der Waals surface area contributed by atoms with E-state index in [1.807, 2.05) is 42.5 Å². The van der Waals surface area contributed by atoms with Crippen molar-refractivity contribution < 1.29 is 4.74 Å². The van der Waals surface area contributed by atoms with Gasteiger partial charge in [0.05, 0.1) is 12.7 Å². The zero-order chi connectivity index (χ0) is 14.4. The molecule has 0 radical (unpaired) electrons. The van der Waals surface area contributed by atoms with Crippen LogP contribution >= 0.6 is 0 Å². The summed E-state index contributed by atoms with van der Waals surface area (Å²) in [4.78, 5) is 0. The van der Waals surface area contributed by atoms with Gasteiger partial charge < -0.3 is 4.74 Å². The second-order valence-electron chi connectivity index (χ2n) is 4.76. The summed E-state index contributed by atoms with van der Waals surface area (Å²) in [6, 6.07) is 16.0. The lowest BCUT2D eigenvalue weighted by molar-refractivity contribution is 0.413. The molecule has 1 nitrogen and oxygen atoms in total. The highest BCUT2D eigenvalue weighted by Gasteiger charge is 1.98. The number of hydrogen-bond donors (Lipinski definition) is 0. The van der Waals surface area contributed by atoms with Gasteiger partial charge in [0.15, 0.2) is 0 Å². The maximum absolute atomic E-state index is 5.31. The Bertz CT molecular complexity index is 680. The lowest BCUT2D eigenvalue weighted by atomic mass is 10.1. The second-order valence-corrected chi connectivity index (χ2v) is 4.76. The highest BCUT2D eigenvalue weighted by Crippen LogP contribution is 2.17. The van der Waals surface area contributed by atoms with Crippen LogP contribution in [0, 0.1) is 11.8 Å². The highest BCUT2D eigenvalue weighted by atomic mass is 16.5. The van der Waals surface area contributed by atoms with Crippen molar-refractivity contribution in [2.24, 2.45) is 0 Å². The fraction of sp³-hybridized carbons (Fsp3) is 0.158. The van der Waals surface area contributed by atoms with E-state index in [-0.39, 0.29) is 0 Å². The van der Waals surface area contributed by atoms with E-state index in [0.717, 1.165) is 22.4 Å². The lowest BCUT2D eigenvalue weighted by Gasteiger charge is -2.02. The molecule has 20 heavy (non-hydrogen) atoms. The van der Waals surface area contributed by atoms with Crippen LogP contribution in [0.5, 0.6) is 5.75 Å². The molecule has 0 spiro atoms. The van der Waals surface area contributed by atoms with Crippen molar-refractivity contribution in [3.63, 3.8) is 0 Å². The van der Waals surface area contributed by atoms with Gasteiger partial charge in [0.25, 0.3) is 0 Å². The molecule has 1 heteroatoms. The number of benzene rings is 2. The fourth-order valence-electron chi connectivity index (χ4n) is 1.93. The van der Waals surface area contributed by atoms with Gasteiger partial charge in [-0.25, -0.2) is 0 Å².